The van der Waals surface area contributed by atoms with Gasteiger partial charge in [-0.2, -0.15) is 4.98 Å². The van der Waals surface area contributed by atoms with Crippen molar-refractivity contribution in [1.82, 2.24) is 14.9 Å². The van der Waals surface area contributed by atoms with Crippen LogP contribution in [-0.2, 0) is 17.7 Å². The zero-order valence-electron chi connectivity index (χ0n) is 19.5. The van der Waals surface area contributed by atoms with Crippen molar-refractivity contribution in [2.24, 2.45) is 0 Å². The van der Waals surface area contributed by atoms with Gasteiger partial charge in [-0.3, -0.25) is 4.79 Å². The Labute approximate surface area is 198 Å². The number of aromatic nitrogens is 2. The molecule has 2 amide bonds. The van der Waals surface area contributed by atoms with Gasteiger partial charge in [0.25, 0.3) is 5.91 Å². The first-order valence-electron chi connectivity index (χ1n) is 11.1. The molecule has 9 nitrogen and oxygen atoms in total. The van der Waals surface area contributed by atoms with E-state index in [4.69, 9.17) is 10.5 Å². The van der Waals surface area contributed by atoms with E-state index in [1.165, 1.54) is 0 Å². The number of fused-ring (bicyclic) bond motifs is 1. The number of benzene rings is 2. The van der Waals surface area contributed by atoms with E-state index in [0.717, 1.165) is 10.5 Å². The lowest BCUT2D eigenvalue weighted by Gasteiger charge is -2.30. The average Bonchev–Trinajstić information content (AvgIpc) is 2.79. The minimum absolute atomic E-state index is 0.152. The molecule has 4 N–H and O–H groups in total. The largest absolute Gasteiger partial charge is 0.443 e. The highest BCUT2D eigenvalue weighted by Gasteiger charge is 2.35. The van der Waals surface area contributed by atoms with E-state index in [9.17, 15) is 9.59 Å². The summed E-state index contributed by atoms with van der Waals surface area (Å²) in [6.45, 7) is 5.97. The minimum Gasteiger partial charge on any atom is -0.443 e. The molecule has 0 spiro atoms. The number of ether oxygens (including phenoxy) is 1. The molecule has 0 atom stereocenters. The molecule has 4 rings (SSSR count). The number of nitrogen functional groups attached to an aromatic ring is 1. The maximum atomic E-state index is 13.3. The Morgan fingerprint density at radius 2 is 1.79 bits per heavy atom. The molecule has 0 saturated heterocycles. The number of nitrogens with zero attached hydrogens (tertiary/aromatic N) is 3. The van der Waals surface area contributed by atoms with E-state index in [-0.39, 0.29) is 18.2 Å². The molecule has 176 valence electrons. The quantitative estimate of drug-likeness (QED) is 0.481. The molecule has 1 aliphatic heterocycles. The van der Waals surface area contributed by atoms with Crippen LogP contribution in [0.15, 0.2) is 54.6 Å². The van der Waals surface area contributed by atoms with Crippen molar-refractivity contribution < 1.29 is 14.3 Å². The molecule has 0 aliphatic carbocycles. The molecular formula is C25H28N6O3. The SMILES string of the molecule is CC(C)(C)OC(=O)N1CCc2c(NCc3ccccc3)nc(Nc3ccccc3N)nc2C1=O. The van der Waals surface area contributed by atoms with E-state index in [0.29, 0.717) is 35.7 Å². The Hall–Kier alpha value is -4.14. The highest BCUT2D eigenvalue weighted by Crippen LogP contribution is 2.29. The summed E-state index contributed by atoms with van der Waals surface area (Å²) in [5.41, 5.74) is 8.35. The van der Waals surface area contributed by atoms with Gasteiger partial charge >= 0.3 is 6.09 Å². The number of nitrogens with one attached hydrogen (secondary N) is 2. The van der Waals surface area contributed by atoms with E-state index >= 15 is 0 Å². The first kappa shape index (κ1) is 23.0. The van der Waals surface area contributed by atoms with Crippen molar-refractivity contribution in [3.05, 3.63) is 71.4 Å². The molecule has 0 unspecified atom stereocenters. The van der Waals surface area contributed by atoms with Gasteiger partial charge < -0.3 is 21.1 Å². The summed E-state index contributed by atoms with van der Waals surface area (Å²) in [4.78, 5) is 36.1. The van der Waals surface area contributed by atoms with Crippen LogP contribution in [0.5, 0.6) is 0 Å². The van der Waals surface area contributed by atoms with Gasteiger partial charge in [0.1, 0.15) is 17.1 Å². The molecule has 0 saturated carbocycles. The summed E-state index contributed by atoms with van der Waals surface area (Å²) in [5, 5.41) is 6.41. The maximum absolute atomic E-state index is 13.3. The first-order chi connectivity index (χ1) is 16.2. The summed E-state index contributed by atoms with van der Waals surface area (Å²) in [7, 11) is 0. The fourth-order valence-electron chi connectivity index (χ4n) is 3.56. The van der Waals surface area contributed by atoms with Crippen molar-refractivity contribution in [1.29, 1.82) is 0 Å². The summed E-state index contributed by atoms with van der Waals surface area (Å²) in [5.74, 6) is 0.208. The second kappa shape index (κ2) is 9.38. The van der Waals surface area contributed by atoms with Crippen molar-refractivity contribution in [3.8, 4) is 0 Å². The van der Waals surface area contributed by atoms with E-state index in [1.807, 2.05) is 42.5 Å². The van der Waals surface area contributed by atoms with Crippen LogP contribution in [0.3, 0.4) is 0 Å². The van der Waals surface area contributed by atoms with Crippen LogP contribution >= 0.6 is 0 Å². The Balaban J connectivity index is 1.68. The number of amides is 2. The fraction of sp³-hybridized carbons (Fsp3) is 0.280. The number of rotatable bonds is 5. The summed E-state index contributed by atoms with van der Waals surface area (Å²) >= 11 is 0. The third-order valence-corrected chi connectivity index (χ3v) is 5.16. The first-order valence-corrected chi connectivity index (χ1v) is 11.1. The summed E-state index contributed by atoms with van der Waals surface area (Å²) < 4.78 is 5.41. The number of carbonyl (C=O) groups is 2. The fourth-order valence-corrected chi connectivity index (χ4v) is 3.56. The zero-order chi connectivity index (χ0) is 24.3. The molecule has 2 heterocycles. The predicted molar refractivity (Wildman–Crippen MR) is 131 cm³/mol. The van der Waals surface area contributed by atoms with Gasteiger partial charge in [-0.05, 0) is 44.9 Å². The summed E-state index contributed by atoms with van der Waals surface area (Å²) in [6, 6.07) is 17.1. The Kier molecular flexibility index (Phi) is 6.36. The van der Waals surface area contributed by atoms with Crippen LogP contribution < -0.4 is 16.4 Å². The number of hydrogen-bond donors (Lipinski definition) is 3. The highest BCUT2D eigenvalue weighted by atomic mass is 16.6. The molecule has 34 heavy (non-hydrogen) atoms. The van der Waals surface area contributed by atoms with Crippen LogP contribution in [0.2, 0.25) is 0 Å². The number of anilines is 4. The normalized spacial score (nSPS) is 13.3. The second-order valence-corrected chi connectivity index (χ2v) is 8.96. The predicted octanol–water partition coefficient (Wildman–Crippen LogP) is 4.35. The number of carbonyl (C=O) groups excluding carboxylic acids is 2. The van der Waals surface area contributed by atoms with Gasteiger partial charge in [0.2, 0.25) is 5.95 Å². The Morgan fingerprint density at radius 3 is 2.50 bits per heavy atom. The lowest BCUT2D eigenvalue weighted by molar-refractivity contribution is 0.0231. The minimum atomic E-state index is -0.719. The molecule has 3 aromatic rings. The second-order valence-electron chi connectivity index (χ2n) is 8.96. The molecule has 1 aromatic heterocycles. The lowest BCUT2D eigenvalue weighted by atomic mass is 10.0. The number of imide groups is 1. The van der Waals surface area contributed by atoms with Crippen LogP contribution in [0, 0.1) is 0 Å². The van der Waals surface area contributed by atoms with Crippen molar-refractivity contribution >= 4 is 35.1 Å². The topological polar surface area (TPSA) is 122 Å². The summed E-state index contributed by atoms with van der Waals surface area (Å²) in [6.07, 6.45) is -0.284. The van der Waals surface area contributed by atoms with Gasteiger partial charge in [0.05, 0.1) is 11.4 Å². The molecule has 1 aliphatic rings. The van der Waals surface area contributed by atoms with E-state index < -0.39 is 17.6 Å². The van der Waals surface area contributed by atoms with Crippen molar-refractivity contribution in [2.45, 2.75) is 39.3 Å². The van der Waals surface area contributed by atoms with Gasteiger partial charge in [-0.1, -0.05) is 42.5 Å². The van der Waals surface area contributed by atoms with Gasteiger partial charge in [0.15, 0.2) is 0 Å². The number of para-hydroxylation sites is 2. The van der Waals surface area contributed by atoms with Gasteiger partial charge in [-0.15, -0.1) is 0 Å². The molecular weight excluding hydrogens is 432 g/mol. The maximum Gasteiger partial charge on any atom is 0.417 e. The van der Waals surface area contributed by atoms with Crippen LogP contribution in [0.4, 0.5) is 27.9 Å². The van der Waals surface area contributed by atoms with Crippen LogP contribution in [0.1, 0.15) is 42.4 Å². The molecule has 0 bridgehead atoms. The number of nitrogens with two attached hydrogens (primary N) is 1. The average molecular weight is 461 g/mol. The Morgan fingerprint density at radius 1 is 1.09 bits per heavy atom. The van der Waals surface area contributed by atoms with Crippen LogP contribution in [-0.4, -0.2) is 39.0 Å². The van der Waals surface area contributed by atoms with Crippen molar-refractivity contribution in [3.63, 3.8) is 0 Å². The smallest absolute Gasteiger partial charge is 0.417 e. The lowest BCUT2D eigenvalue weighted by Crippen LogP contribution is -2.45. The van der Waals surface area contributed by atoms with Gasteiger partial charge in [-0.25, -0.2) is 14.7 Å². The molecule has 9 heteroatoms. The van der Waals surface area contributed by atoms with Crippen LogP contribution in [0.25, 0.3) is 0 Å². The van der Waals surface area contributed by atoms with Gasteiger partial charge in [0, 0.05) is 18.7 Å². The molecule has 0 radical (unpaired) electrons. The standard InChI is InChI=1S/C25H28N6O3/c1-25(2,3)34-24(33)31-14-13-17-20(22(31)32)29-23(28-19-12-8-7-11-18(19)26)30-21(17)27-15-16-9-5-4-6-10-16/h4-12H,13-15,26H2,1-3H3,(H2,27,28,29,30). The third-order valence-electron chi connectivity index (χ3n) is 5.16. The van der Waals surface area contributed by atoms with E-state index in [2.05, 4.69) is 20.6 Å². The third kappa shape index (κ3) is 5.25. The highest BCUT2D eigenvalue weighted by molar-refractivity contribution is 6.04. The monoisotopic (exact) mass is 460 g/mol. The number of hydrogen-bond acceptors (Lipinski definition) is 8. The van der Waals surface area contributed by atoms with Crippen molar-refractivity contribution in [2.75, 3.05) is 22.9 Å². The zero-order valence-corrected chi connectivity index (χ0v) is 19.5. The molecule has 2 aromatic carbocycles. The van der Waals surface area contributed by atoms with E-state index in [1.54, 1.807) is 32.9 Å². The Bertz CT molecular complexity index is 1210. The molecule has 0 fully saturated rings.